The standard InChI is InChI=1S/C11H12ClNO2/c12-6-8-4-11(15)13(7-8)9-2-1-3-10(14)5-9/h1-3,5,8,14H,4,6-7H2. The van der Waals surface area contributed by atoms with Crippen LogP contribution in [0.2, 0.25) is 0 Å². The van der Waals surface area contributed by atoms with Gasteiger partial charge in [-0.2, -0.15) is 0 Å². The van der Waals surface area contributed by atoms with E-state index < -0.39 is 0 Å². The van der Waals surface area contributed by atoms with Crippen molar-refractivity contribution in [2.75, 3.05) is 17.3 Å². The predicted octanol–water partition coefficient (Wildman–Crippen LogP) is 1.98. The van der Waals surface area contributed by atoms with E-state index in [1.807, 2.05) is 6.07 Å². The average molecular weight is 226 g/mol. The lowest BCUT2D eigenvalue weighted by atomic mass is 10.1. The van der Waals surface area contributed by atoms with E-state index in [1.54, 1.807) is 23.1 Å². The summed E-state index contributed by atoms with van der Waals surface area (Å²) < 4.78 is 0. The van der Waals surface area contributed by atoms with E-state index in [4.69, 9.17) is 11.6 Å². The Hall–Kier alpha value is -1.22. The molecule has 1 amide bonds. The van der Waals surface area contributed by atoms with Gasteiger partial charge in [0.2, 0.25) is 5.91 Å². The van der Waals surface area contributed by atoms with E-state index in [-0.39, 0.29) is 17.6 Å². The molecule has 4 heteroatoms. The summed E-state index contributed by atoms with van der Waals surface area (Å²) in [7, 11) is 0. The van der Waals surface area contributed by atoms with Crippen LogP contribution in [0.1, 0.15) is 6.42 Å². The Morgan fingerprint density at radius 1 is 1.53 bits per heavy atom. The Kier molecular flexibility index (Phi) is 2.82. The zero-order chi connectivity index (χ0) is 10.8. The molecular weight excluding hydrogens is 214 g/mol. The summed E-state index contributed by atoms with van der Waals surface area (Å²) in [5.74, 6) is 0.975. The van der Waals surface area contributed by atoms with Crippen molar-refractivity contribution in [1.82, 2.24) is 0 Å². The number of nitrogens with zero attached hydrogens (tertiary/aromatic N) is 1. The van der Waals surface area contributed by atoms with Gasteiger partial charge < -0.3 is 10.0 Å². The van der Waals surface area contributed by atoms with Gasteiger partial charge in [0, 0.05) is 30.6 Å². The number of carbonyl (C=O) groups is 1. The third kappa shape index (κ3) is 2.07. The minimum Gasteiger partial charge on any atom is -0.508 e. The van der Waals surface area contributed by atoms with Gasteiger partial charge in [0.1, 0.15) is 5.75 Å². The number of phenolic OH excluding ortho intramolecular Hbond substituents is 1. The van der Waals surface area contributed by atoms with Gasteiger partial charge in [0.25, 0.3) is 0 Å². The summed E-state index contributed by atoms with van der Waals surface area (Å²) >= 11 is 5.73. The first-order chi connectivity index (χ1) is 7.20. The van der Waals surface area contributed by atoms with Gasteiger partial charge in [-0.3, -0.25) is 4.79 Å². The summed E-state index contributed by atoms with van der Waals surface area (Å²) in [5.41, 5.74) is 0.743. The molecule has 0 aromatic heterocycles. The molecule has 1 atom stereocenters. The topological polar surface area (TPSA) is 40.5 Å². The molecule has 1 aromatic rings. The molecule has 1 aliphatic heterocycles. The van der Waals surface area contributed by atoms with Crippen LogP contribution < -0.4 is 4.90 Å². The molecule has 1 unspecified atom stereocenters. The number of anilines is 1. The number of aromatic hydroxyl groups is 1. The van der Waals surface area contributed by atoms with Crippen molar-refractivity contribution in [3.63, 3.8) is 0 Å². The van der Waals surface area contributed by atoms with Crippen LogP contribution in [0.5, 0.6) is 5.75 Å². The fourth-order valence-corrected chi connectivity index (χ4v) is 2.00. The van der Waals surface area contributed by atoms with Gasteiger partial charge in [-0.15, -0.1) is 11.6 Å². The lowest BCUT2D eigenvalue weighted by Crippen LogP contribution is -2.24. The molecule has 1 saturated heterocycles. The second-order valence-electron chi connectivity index (χ2n) is 3.75. The highest BCUT2D eigenvalue weighted by atomic mass is 35.5. The van der Waals surface area contributed by atoms with Gasteiger partial charge in [0.05, 0.1) is 0 Å². The van der Waals surface area contributed by atoms with Crippen LogP contribution in [-0.2, 0) is 4.79 Å². The van der Waals surface area contributed by atoms with Crippen LogP contribution in [-0.4, -0.2) is 23.4 Å². The minimum atomic E-state index is 0.0752. The molecule has 80 valence electrons. The van der Waals surface area contributed by atoms with E-state index in [0.717, 1.165) is 5.69 Å². The van der Waals surface area contributed by atoms with Crippen molar-refractivity contribution >= 4 is 23.2 Å². The first-order valence-electron chi connectivity index (χ1n) is 4.86. The summed E-state index contributed by atoms with van der Waals surface area (Å²) in [6, 6.07) is 6.72. The number of hydrogen-bond acceptors (Lipinski definition) is 2. The number of halogens is 1. The summed E-state index contributed by atoms with van der Waals surface area (Å²) in [6.07, 6.45) is 0.499. The second-order valence-corrected chi connectivity index (χ2v) is 4.06. The molecule has 0 saturated carbocycles. The molecule has 2 rings (SSSR count). The first kappa shape index (κ1) is 10.3. The number of phenols is 1. The smallest absolute Gasteiger partial charge is 0.227 e. The Labute approximate surface area is 93.3 Å². The van der Waals surface area contributed by atoms with Crippen molar-refractivity contribution in [2.45, 2.75) is 6.42 Å². The molecule has 1 aliphatic rings. The van der Waals surface area contributed by atoms with Gasteiger partial charge in [-0.1, -0.05) is 6.07 Å². The van der Waals surface area contributed by atoms with Crippen molar-refractivity contribution < 1.29 is 9.90 Å². The number of carbonyl (C=O) groups excluding carboxylic acids is 1. The summed E-state index contributed by atoms with van der Waals surface area (Å²) in [4.78, 5) is 13.3. The molecule has 1 heterocycles. The Morgan fingerprint density at radius 2 is 2.33 bits per heavy atom. The van der Waals surface area contributed by atoms with Crippen LogP contribution >= 0.6 is 11.6 Å². The molecule has 0 spiro atoms. The van der Waals surface area contributed by atoms with Crippen LogP contribution in [0.4, 0.5) is 5.69 Å². The Bertz CT molecular complexity index is 381. The molecule has 1 aromatic carbocycles. The van der Waals surface area contributed by atoms with Gasteiger partial charge in [-0.25, -0.2) is 0 Å². The number of rotatable bonds is 2. The SMILES string of the molecule is O=C1CC(CCl)CN1c1cccc(O)c1. The zero-order valence-electron chi connectivity index (χ0n) is 8.19. The summed E-state index contributed by atoms with van der Waals surface area (Å²) in [6.45, 7) is 0.645. The van der Waals surface area contributed by atoms with Gasteiger partial charge in [-0.05, 0) is 18.1 Å². The van der Waals surface area contributed by atoms with E-state index in [2.05, 4.69) is 0 Å². The largest absolute Gasteiger partial charge is 0.508 e. The normalized spacial score (nSPS) is 21.0. The molecule has 3 nitrogen and oxygen atoms in total. The van der Waals surface area contributed by atoms with Crippen molar-refractivity contribution in [1.29, 1.82) is 0 Å². The fraction of sp³-hybridized carbons (Fsp3) is 0.364. The fourth-order valence-electron chi connectivity index (χ4n) is 1.80. The van der Waals surface area contributed by atoms with Gasteiger partial charge in [0.15, 0.2) is 0 Å². The first-order valence-corrected chi connectivity index (χ1v) is 5.39. The van der Waals surface area contributed by atoms with Crippen LogP contribution in [0.25, 0.3) is 0 Å². The number of benzene rings is 1. The van der Waals surface area contributed by atoms with E-state index in [9.17, 15) is 9.90 Å². The van der Waals surface area contributed by atoms with Crippen LogP contribution in [0, 0.1) is 5.92 Å². The molecule has 1 fully saturated rings. The highest BCUT2D eigenvalue weighted by Crippen LogP contribution is 2.27. The van der Waals surface area contributed by atoms with Crippen LogP contribution in [0.3, 0.4) is 0 Å². The highest BCUT2D eigenvalue weighted by molar-refractivity contribution is 6.18. The van der Waals surface area contributed by atoms with E-state index >= 15 is 0 Å². The molecule has 0 radical (unpaired) electrons. The number of alkyl halides is 1. The maximum atomic E-state index is 11.6. The van der Waals surface area contributed by atoms with E-state index in [1.165, 1.54) is 0 Å². The number of amides is 1. The quantitative estimate of drug-likeness (QED) is 0.782. The molecule has 1 N–H and O–H groups in total. The maximum absolute atomic E-state index is 11.6. The van der Waals surface area contributed by atoms with Crippen LogP contribution in [0.15, 0.2) is 24.3 Å². The molecule has 0 aliphatic carbocycles. The second kappa shape index (κ2) is 4.11. The number of hydrogen-bond donors (Lipinski definition) is 1. The Morgan fingerprint density at radius 3 is 2.93 bits per heavy atom. The lowest BCUT2D eigenvalue weighted by molar-refractivity contribution is -0.117. The third-order valence-corrected chi connectivity index (χ3v) is 3.00. The zero-order valence-corrected chi connectivity index (χ0v) is 8.94. The van der Waals surface area contributed by atoms with E-state index in [0.29, 0.717) is 18.8 Å². The minimum absolute atomic E-state index is 0.0752. The summed E-state index contributed by atoms with van der Waals surface area (Å²) in [5, 5.41) is 9.32. The predicted molar refractivity (Wildman–Crippen MR) is 59.3 cm³/mol. The Balaban J connectivity index is 2.21. The molecular formula is C11H12ClNO2. The molecule has 15 heavy (non-hydrogen) atoms. The molecule has 0 bridgehead atoms. The highest BCUT2D eigenvalue weighted by Gasteiger charge is 2.29. The van der Waals surface area contributed by atoms with Crippen molar-refractivity contribution in [3.05, 3.63) is 24.3 Å². The maximum Gasteiger partial charge on any atom is 0.227 e. The van der Waals surface area contributed by atoms with Crippen molar-refractivity contribution in [2.24, 2.45) is 5.92 Å². The monoisotopic (exact) mass is 225 g/mol. The van der Waals surface area contributed by atoms with Gasteiger partial charge >= 0.3 is 0 Å². The lowest BCUT2D eigenvalue weighted by Gasteiger charge is -2.16. The average Bonchev–Trinajstić information content (AvgIpc) is 2.60. The third-order valence-electron chi connectivity index (χ3n) is 2.56. The van der Waals surface area contributed by atoms with Crippen molar-refractivity contribution in [3.8, 4) is 5.75 Å².